The van der Waals surface area contributed by atoms with Crippen LogP contribution in [0.5, 0.6) is 0 Å². The number of benzene rings is 1. The Morgan fingerprint density at radius 3 is 2.26 bits per heavy atom. The molecule has 1 amide bonds. The molecule has 6 nitrogen and oxygen atoms in total. The number of hydrogen-bond acceptors (Lipinski definition) is 4. The molecule has 0 spiro atoms. The second-order valence-electron chi connectivity index (χ2n) is 4.32. The Morgan fingerprint density at radius 2 is 1.79 bits per heavy atom. The van der Waals surface area contributed by atoms with Gasteiger partial charge in [0.15, 0.2) is 0 Å². The second-order valence-corrected chi connectivity index (χ2v) is 6.20. The molecule has 0 aliphatic heterocycles. The van der Waals surface area contributed by atoms with Crippen LogP contribution in [0.25, 0.3) is 0 Å². The molecule has 0 aliphatic carbocycles. The van der Waals surface area contributed by atoms with Gasteiger partial charge in [-0.05, 0) is 31.3 Å². The van der Waals surface area contributed by atoms with E-state index in [1.165, 1.54) is 19.2 Å². The SMILES string of the molecule is CNS(=O)(=O)c1ccc(NC(=O)CNC(C)C)cc1. The Kier molecular flexibility index (Phi) is 5.46. The fourth-order valence-corrected chi connectivity index (χ4v) is 2.07. The summed E-state index contributed by atoms with van der Waals surface area (Å²) in [4.78, 5) is 11.7. The summed E-state index contributed by atoms with van der Waals surface area (Å²) in [7, 11) is -2.09. The Hall–Kier alpha value is -1.44. The number of rotatable bonds is 6. The lowest BCUT2D eigenvalue weighted by Crippen LogP contribution is -2.32. The van der Waals surface area contributed by atoms with Gasteiger partial charge in [0.2, 0.25) is 15.9 Å². The van der Waals surface area contributed by atoms with E-state index in [0.29, 0.717) is 5.69 Å². The van der Waals surface area contributed by atoms with E-state index in [1.807, 2.05) is 13.8 Å². The van der Waals surface area contributed by atoms with Crippen molar-refractivity contribution < 1.29 is 13.2 Å². The molecule has 7 heteroatoms. The van der Waals surface area contributed by atoms with Gasteiger partial charge in [-0.1, -0.05) is 13.8 Å². The van der Waals surface area contributed by atoms with E-state index in [-0.39, 0.29) is 23.4 Å². The van der Waals surface area contributed by atoms with E-state index in [4.69, 9.17) is 0 Å². The molecule has 0 aliphatic rings. The van der Waals surface area contributed by atoms with E-state index in [0.717, 1.165) is 0 Å². The third-order valence-corrected chi connectivity index (χ3v) is 3.82. The van der Waals surface area contributed by atoms with Gasteiger partial charge in [-0.3, -0.25) is 4.79 Å². The van der Waals surface area contributed by atoms with Crippen LogP contribution in [0.1, 0.15) is 13.8 Å². The molecule has 0 saturated carbocycles. The van der Waals surface area contributed by atoms with Crippen LogP contribution in [0.15, 0.2) is 29.2 Å². The van der Waals surface area contributed by atoms with Crippen molar-refractivity contribution in [3.05, 3.63) is 24.3 Å². The number of carbonyl (C=O) groups is 1. The monoisotopic (exact) mass is 285 g/mol. The molecule has 1 aromatic rings. The van der Waals surface area contributed by atoms with E-state index in [2.05, 4.69) is 15.4 Å². The van der Waals surface area contributed by atoms with Crippen molar-refractivity contribution in [1.29, 1.82) is 0 Å². The van der Waals surface area contributed by atoms with E-state index in [9.17, 15) is 13.2 Å². The highest BCUT2D eigenvalue weighted by Gasteiger charge is 2.11. The lowest BCUT2D eigenvalue weighted by Gasteiger charge is -2.09. The number of nitrogens with one attached hydrogen (secondary N) is 3. The van der Waals surface area contributed by atoms with Crippen LogP contribution in [-0.4, -0.2) is 34.0 Å². The van der Waals surface area contributed by atoms with Crippen molar-refractivity contribution in [3.8, 4) is 0 Å². The van der Waals surface area contributed by atoms with Gasteiger partial charge in [-0.25, -0.2) is 13.1 Å². The van der Waals surface area contributed by atoms with Gasteiger partial charge >= 0.3 is 0 Å². The highest BCUT2D eigenvalue weighted by molar-refractivity contribution is 7.89. The summed E-state index contributed by atoms with van der Waals surface area (Å²) in [6.45, 7) is 4.11. The molecule has 0 bridgehead atoms. The second kappa shape index (κ2) is 6.65. The first kappa shape index (κ1) is 15.6. The quantitative estimate of drug-likeness (QED) is 0.711. The molecule has 1 rings (SSSR count). The van der Waals surface area contributed by atoms with Crippen LogP contribution in [0.3, 0.4) is 0 Å². The first-order chi connectivity index (χ1) is 8.85. The minimum absolute atomic E-state index is 0.160. The lowest BCUT2D eigenvalue weighted by molar-refractivity contribution is -0.115. The van der Waals surface area contributed by atoms with Gasteiger partial charge in [0.05, 0.1) is 11.4 Å². The largest absolute Gasteiger partial charge is 0.325 e. The number of amides is 1. The van der Waals surface area contributed by atoms with Gasteiger partial charge in [0, 0.05) is 11.7 Å². The zero-order valence-electron chi connectivity index (χ0n) is 11.2. The van der Waals surface area contributed by atoms with Crippen molar-refractivity contribution in [2.75, 3.05) is 18.9 Å². The predicted molar refractivity (Wildman–Crippen MR) is 74.5 cm³/mol. The Labute approximate surface area is 113 Å². The minimum Gasteiger partial charge on any atom is -0.325 e. The normalized spacial score (nSPS) is 11.6. The third-order valence-electron chi connectivity index (χ3n) is 2.39. The molecule has 0 fully saturated rings. The first-order valence-corrected chi connectivity index (χ1v) is 7.40. The van der Waals surface area contributed by atoms with Gasteiger partial charge in [0.1, 0.15) is 0 Å². The van der Waals surface area contributed by atoms with Gasteiger partial charge in [-0.15, -0.1) is 0 Å². The predicted octanol–water partition coefficient (Wildman–Crippen LogP) is 0.531. The van der Waals surface area contributed by atoms with Crippen LogP contribution in [0.4, 0.5) is 5.69 Å². The zero-order valence-corrected chi connectivity index (χ0v) is 12.0. The molecular formula is C12H19N3O3S. The Bertz CT molecular complexity index is 524. The van der Waals surface area contributed by atoms with E-state index >= 15 is 0 Å². The van der Waals surface area contributed by atoms with E-state index in [1.54, 1.807) is 12.1 Å². The number of hydrogen-bond donors (Lipinski definition) is 3. The maximum absolute atomic E-state index is 11.6. The van der Waals surface area contributed by atoms with Crippen molar-refractivity contribution in [3.63, 3.8) is 0 Å². The first-order valence-electron chi connectivity index (χ1n) is 5.92. The molecule has 0 aromatic heterocycles. The molecule has 19 heavy (non-hydrogen) atoms. The maximum Gasteiger partial charge on any atom is 0.240 e. The fraction of sp³-hybridized carbons (Fsp3) is 0.417. The topological polar surface area (TPSA) is 87.3 Å². The molecule has 0 unspecified atom stereocenters. The number of anilines is 1. The summed E-state index contributed by atoms with van der Waals surface area (Å²) in [5, 5.41) is 5.67. The average molecular weight is 285 g/mol. The van der Waals surface area contributed by atoms with Crippen LogP contribution < -0.4 is 15.4 Å². The van der Waals surface area contributed by atoms with Gasteiger partial charge in [-0.2, -0.15) is 0 Å². The zero-order chi connectivity index (χ0) is 14.5. The smallest absolute Gasteiger partial charge is 0.240 e. The molecule has 1 aromatic carbocycles. The number of carbonyl (C=O) groups excluding carboxylic acids is 1. The molecule has 0 radical (unpaired) electrons. The average Bonchev–Trinajstić information content (AvgIpc) is 2.37. The van der Waals surface area contributed by atoms with Gasteiger partial charge < -0.3 is 10.6 Å². The van der Waals surface area contributed by atoms with Crippen LogP contribution in [0.2, 0.25) is 0 Å². The molecular weight excluding hydrogens is 266 g/mol. The van der Waals surface area contributed by atoms with Crippen molar-refractivity contribution >= 4 is 21.6 Å². The summed E-state index contributed by atoms with van der Waals surface area (Å²) in [5.41, 5.74) is 0.561. The fourth-order valence-electron chi connectivity index (χ4n) is 1.34. The van der Waals surface area contributed by atoms with Crippen molar-refractivity contribution in [2.24, 2.45) is 0 Å². The Balaban J connectivity index is 2.65. The summed E-state index contributed by atoms with van der Waals surface area (Å²) in [6.07, 6.45) is 0. The van der Waals surface area contributed by atoms with Crippen LogP contribution >= 0.6 is 0 Å². The van der Waals surface area contributed by atoms with Gasteiger partial charge in [0.25, 0.3) is 0 Å². The van der Waals surface area contributed by atoms with Crippen LogP contribution in [-0.2, 0) is 14.8 Å². The minimum atomic E-state index is -3.44. The molecule has 3 N–H and O–H groups in total. The Morgan fingerprint density at radius 1 is 1.21 bits per heavy atom. The molecule has 0 heterocycles. The summed E-state index contributed by atoms with van der Waals surface area (Å²) in [6, 6.07) is 6.22. The maximum atomic E-state index is 11.6. The van der Waals surface area contributed by atoms with Crippen LogP contribution in [0, 0.1) is 0 Å². The lowest BCUT2D eigenvalue weighted by atomic mass is 10.3. The summed E-state index contributed by atoms with van der Waals surface area (Å²) in [5.74, 6) is -0.169. The molecule has 0 saturated heterocycles. The highest BCUT2D eigenvalue weighted by Crippen LogP contribution is 2.13. The molecule has 106 valence electrons. The number of sulfonamides is 1. The van der Waals surface area contributed by atoms with Crippen molar-refractivity contribution in [1.82, 2.24) is 10.0 Å². The summed E-state index contributed by atoms with van der Waals surface area (Å²) < 4.78 is 25.2. The summed E-state index contributed by atoms with van der Waals surface area (Å²) >= 11 is 0. The van der Waals surface area contributed by atoms with E-state index < -0.39 is 10.0 Å². The highest BCUT2D eigenvalue weighted by atomic mass is 32.2. The molecule has 0 atom stereocenters. The standard InChI is InChI=1S/C12H19N3O3S/c1-9(2)14-8-12(16)15-10-4-6-11(7-5-10)19(17,18)13-3/h4-7,9,13-14H,8H2,1-3H3,(H,15,16). The third kappa shape index (κ3) is 4.98. The van der Waals surface area contributed by atoms with Crippen molar-refractivity contribution in [2.45, 2.75) is 24.8 Å².